The zero-order valence-corrected chi connectivity index (χ0v) is 11.4. The van der Waals surface area contributed by atoms with Crippen molar-refractivity contribution in [2.45, 2.75) is 13.0 Å². The van der Waals surface area contributed by atoms with Crippen molar-refractivity contribution in [3.8, 4) is 5.69 Å². The fourth-order valence-electron chi connectivity index (χ4n) is 2.33. The summed E-state index contributed by atoms with van der Waals surface area (Å²) in [6.45, 7) is 3.81. The summed E-state index contributed by atoms with van der Waals surface area (Å²) in [5.74, 6) is -0.0326. The molecular weight excluding hydrogens is 254 g/mol. The number of hydrogen-bond donors (Lipinski definition) is 0. The third kappa shape index (κ3) is 2.58. The first-order valence-electron chi connectivity index (χ1n) is 6.76. The summed E-state index contributed by atoms with van der Waals surface area (Å²) in [6.07, 6.45) is 1.90. The van der Waals surface area contributed by atoms with Gasteiger partial charge in [-0.1, -0.05) is 18.2 Å². The highest BCUT2D eigenvalue weighted by Gasteiger charge is 2.24. The molecule has 1 aromatic carbocycles. The van der Waals surface area contributed by atoms with Crippen molar-refractivity contribution in [2.24, 2.45) is 0 Å². The van der Waals surface area contributed by atoms with E-state index in [-0.39, 0.29) is 12.0 Å². The molecule has 5 nitrogen and oxygen atoms in total. The first-order chi connectivity index (χ1) is 9.74. The maximum absolute atomic E-state index is 12.4. The van der Waals surface area contributed by atoms with E-state index in [4.69, 9.17) is 4.74 Å². The summed E-state index contributed by atoms with van der Waals surface area (Å²) < 4.78 is 7.17. The Balaban J connectivity index is 1.78. The molecule has 1 aliphatic heterocycles. The molecule has 0 saturated carbocycles. The minimum absolute atomic E-state index is 0.0326. The maximum Gasteiger partial charge on any atom is 0.274 e. The van der Waals surface area contributed by atoms with Gasteiger partial charge in [-0.05, 0) is 25.1 Å². The minimum atomic E-state index is -0.0326. The van der Waals surface area contributed by atoms with Crippen molar-refractivity contribution in [1.82, 2.24) is 14.7 Å². The molecule has 1 fully saturated rings. The molecule has 1 atom stereocenters. The highest BCUT2D eigenvalue weighted by atomic mass is 16.5. The Morgan fingerprint density at radius 3 is 2.85 bits per heavy atom. The van der Waals surface area contributed by atoms with E-state index >= 15 is 0 Å². The molecule has 1 unspecified atom stereocenters. The van der Waals surface area contributed by atoms with Gasteiger partial charge in [-0.3, -0.25) is 4.79 Å². The van der Waals surface area contributed by atoms with Crippen LogP contribution in [0.3, 0.4) is 0 Å². The molecule has 2 aromatic rings. The normalized spacial score (nSPS) is 19.1. The summed E-state index contributed by atoms with van der Waals surface area (Å²) in [4.78, 5) is 14.2. The van der Waals surface area contributed by atoms with E-state index in [0.29, 0.717) is 25.4 Å². The second-order valence-electron chi connectivity index (χ2n) is 4.91. The summed E-state index contributed by atoms with van der Waals surface area (Å²) in [7, 11) is 0. The van der Waals surface area contributed by atoms with E-state index in [0.717, 1.165) is 5.69 Å². The predicted octanol–water partition coefficient (Wildman–Crippen LogP) is 1.73. The fraction of sp³-hybridized carbons (Fsp3) is 0.333. The van der Waals surface area contributed by atoms with Crippen LogP contribution in [-0.2, 0) is 4.74 Å². The van der Waals surface area contributed by atoms with Crippen LogP contribution in [0.2, 0.25) is 0 Å². The van der Waals surface area contributed by atoms with Crippen LogP contribution < -0.4 is 0 Å². The Kier molecular flexibility index (Phi) is 3.52. The zero-order valence-electron chi connectivity index (χ0n) is 11.4. The third-order valence-corrected chi connectivity index (χ3v) is 3.36. The molecule has 1 amide bonds. The molecule has 0 aliphatic carbocycles. The van der Waals surface area contributed by atoms with E-state index in [1.807, 2.05) is 43.5 Å². The molecule has 0 spiro atoms. The lowest BCUT2D eigenvalue weighted by atomic mass is 10.2. The quantitative estimate of drug-likeness (QED) is 0.835. The number of carbonyl (C=O) groups is 1. The Bertz CT molecular complexity index is 594. The maximum atomic E-state index is 12.4. The standard InChI is InChI=1S/C15H17N3O2/c1-12-11-17(9-10-20-12)15(19)14-7-8-18(16-14)13-5-3-2-4-6-13/h2-8,12H,9-11H2,1H3. The smallest absolute Gasteiger partial charge is 0.274 e. The number of morpholine rings is 1. The second-order valence-corrected chi connectivity index (χ2v) is 4.91. The average molecular weight is 271 g/mol. The Labute approximate surface area is 117 Å². The van der Waals surface area contributed by atoms with E-state index in [9.17, 15) is 4.79 Å². The van der Waals surface area contributed by atoms with Gasteiger partial charge in [0.2, 0.25) is 0 Å². The summed E-state index contributed by atoms with van der Waals surface area (Å²) in [5, 5.41) is 4.37. The molecule has 20 heavy (non-hydrogen) atoms. The van der Waals surface area contributed by atoms with Gasteiger partial charge < -0.3 is 9.64 Å². The monoisotopic (exact) mass is 271 g/mol. The zero-order chi connectivity index (χ0) is 13.9. The Hall–Kier alpha value is -2.14. The average Bonchev–Trinajstić information content (AvgIpc) is 2.97. The van der Waals surface area contributed by atoms with Gasteiger partial charge in [0.25, 0.3) is 5.91 Å². The lowest BCUT2D eigenvalue weighted by Crippen LogP contribution is -2.44. The lowest BCUT2D eigenvalue weighted by molar-refractivity contribution is -0.0126. The number of para-hydroxylation sites is 1. The van der Waals surface area contributed by atoms with Gasteiger partial charge in [0.05, 0.1) is 18.4 Å². The summed E-state index contributed by atoms with van der Waals surface area (Å²) >= 11 is 0. The van der Waals surface area contributed by atoms with Crippen LogP contribution in [-0.4, -0.2) is 46.4 Å². The first-order valence-corrected chi connectivity index (χ1v) is 6.76. The van der Waals surface area contributed by atoms with Crippen LogP contribution in [0.1, 0.15) is 17.4 Å². The number of benzene rings is 1. The fourth-order valence-corrected chi connectivity index (χ4v) is 2.33. The molecular formula is C15H17N3O2. The third-order valence-electron chi connectivity index (χ3n) is 3.36. The summed E-state index contributed by atoms with van der Waals surface area (Å²) in [6, 6.07) is 11.5. The Morgan fingerprint density at radius 2 is 2.10 bits per heavy atom. The molecule has 1 saturated heterocycles. The van der Waals surface area contributed by atoms with E-state index in [2.05, 4.69) is 5.10 Å². The molecule has 0 radical (unpaired) electrons. The molecule has 2 heterocycles. The van der Waals surface area contributed by atoms with Crippen molar-refractivity contribution in [3.63, 3.8) is 0 Å². The van der Waals surface area contributed by atoms with Crippen molar-refractivity contribution in [3.05, 3.63) is 48.3 Å². The number of carbonyl (C=O) groups excluding carboxylic acids is 1. The van der Waals surface area contributed by atoms with E-state index < -0.39 is 0 Å². The molecule has 1 aromatic heterocycles. The lowest BCUT2D eigenvalue weighted by Gasteiger charge is -2.30. The molecule has 0 N–H and O–H groups in total. The number of rotatable bonds is 2. The minimum Gasteiger partial charge on any atom is -0.375 e. The van der Waals surface area contributed by atoms with Gasteiger partial charge in [-0.15, -0.1) is 0 Å². The van der Waals surface area contributed by atoms with Crippen molar-refractivity contribution in [1.29, 1.82) is 0 Å². The van der Waals surface area contributed by atoms with Crippen LogP contribution in [0.5, 0.6) is 0 Å². The predicted molar refractivity (Wildman–Crippen MR) is 74.9 cm³/mol. The molecule has 104 valence electrons. The van der Waals surface area contributed by atoms with Gasteiger partial charge in [0.1, 0.15) is 0 Å². The van der Waals surface area contributed by atoms with Crippen molar-refractivity contribution >= 4 is 5.91 Å². The molecule has 3 rings (SSSR count). The van der Waals surface area contributed by atoms with E-state index in [1.165, 1.54) is 0 Å². The largest absolute Gasteiger partial charge is 0.375 e. The van der Waals surface area contributed by atoms with Crippen LogP contribution in [0.4, 0.5) is 0 Å². The molecule has 1 aliphatic rings. The van der Waals surface area contributed by atoms with Gasteiger partial charge in [-0.25, -0.2) is 4.68 Å². The van der Waals surface area contributed by atoms with Gasteiger partial charge in [-0.2, -0.15) is 5.10 Å². The molecule has 0 bridgehead atoms. The highest BCUT2D eigenvalue weighted by Crippen LogP contribution is 2.11. The van der Waals surface area contributed by atoms with Gasteiger partial charge in [0.15, 0.2) is 5.69 Å². The first kappa shape index (κ1) is 12.9. The van der Waals surface area contributed by atoms with Crippen LogP contribution >= 0.6 is 0 Å². The second kappa shape index (κ2) is 5.46. The van der Waals surface area contributed by atoms with Gasteiger partial charge in [0, 0.05) is 19.3 Å². The molecule has 5 heteroatoms. The number of nitrogens with zero attached hydrogens (tertiary/aromatic N) is 3. The SMILES string of the molecule is CC1CN(C(=O)c2ccn(-c3ccccc3)n2)CCO1. The number of amides is 1. The van der Waals surface area contributed by atoms with Crippen LogP contribution in [0.15, 0.2) is 42.6 Å². The number of hydrogen-bond acceptors (Lipinski definition) is 3. The van der Waals surface area contributed by atoms with Crippen LogP contribution in [0, 0.1) is 0 Å². The van der Waals surface area contributed by atoms with Gasteiger partial charge >= 0.3 is 0 Å². The summed E-state index contributed by atoms with van der Waals surface area (Å²) in [5.41, 5.74) is 1.42. The Morgan fingerprint density at radius 1 is 1.30 bits per heavy atom. The van der Waals surface area contributed by atoms with Crippen LogP contribution in [0.25, 0.3) is 5.69 Å². The van der Waals surface area contributed by atoms with E-state index in [1.54, 1.807) is 15.6 Å². The highest BCUT2D eigenvalue weighted by molar-refractivity contribution is 5.92. The number of ether oxygens (including phenoxy) is 1. The van der Waals surface area contributed by atoms with Crippen molar-refractivity contribution in [2.75, 3.05) is 19.7 Å². The van der Waals surface area contributed by atoms with Crippen molar-refractivity contribution < 1.29 is 9.53 Å². The number of aromatic nitrogens is 2. The topological polar surface area (TPSA) is 47.4 Å².